The van der Waals surface area contributed by atoms with Gasteiger partial charge in [0.25, 0.3) is 5.91 Å². The molecule has 3 unspecified atom stereocenters. The number of rotatable bonds is 4. The van der Waals surface area contributed by atoms with Gasteiger partial charge in [-0.15, -0.1) is 0 Å². The lowest BCUT2D eigenvalue weighted by molar-refractivity contribution is -0.145. The standard InChI is InChI=1S/C14H25N3O3/c1-10-4-8-20-12(10)14(19)17-7-2-3-11(9-17)13(18)16-6-5-15/h10-12H,2-9,15H2,1H3,(H,16,18). The smallest absolute Gasteiger partial charge is 0.252 e. The molecule has 6 heteroatoms. The fourth-order valence-electron chi connectivity index (χ4n) is 2.92. The van der Waals surface area contributed by atoms with Crippen LogP contribution in [0, 0.1) is 11.8 Å². The summed E-state index contributed by atoms with van der Waals surface area (Å²) in [4.78, 5) is 26.2. The van der Waals surface area contributed by atoms with Crippen LogP contribution in [0.5, 0.6) is 0 Å². The van der Waals surface area contributed by atoms with Crippen LogP contribution < -0.4 is 11.1 Å². The normalized spacial score (nSPS) is 30.3. The summed E-state index contributed by atoms with van der Waals surface area (Å²) in [5, 5.41) is 2.81. The van der Waals surface area contributed by atoms with E-state index in [1.807, 2.05) is 6.92 Å². The zero-order chi connectivity index (χ0) is 14.5. The summed E-state index contributed by atoms with van der Waals surface area (Å²) in [5.41, 5.74) is 5.38. The van der Waals surface area contributed by atoms with Crippen molar-refractivity contribution < 1.29 is 14.3 Å². The van der Waals surface area contributed by atoms with Crippen molar-refractivity contribution in [3.8, 4) is 0 Å². The summed E-state index contributed by atoms with van der Waals surface area (Å²) in [6, 6.07) is 0. The van der Waals surface area contributed by atoms with E-state index < -0.39 is 0 Å². The molecule has 20 heavy (non-hydrogen) atoms. The van der Waals surface area contributed by atoms with Crippen molar-refractivity contribution in [2.24, 2.45) is 17.6 Å². The van der Waals surface area contributed by atoms with Gasteiger partial charge in [-0.2, -0.15) is 0 Å². The van der Waals surface area contributed by atoms with Crippen LogP contribution in [0.4, 0.5) is 0 Å². The number of amides is 2. The molecule has 2 saturated heterocycles. The van der Waals surface area contributed by atoms with Gasteiger partial charge in [0.2, 0.25) is 5.91 Å². The molecule has 2 amide bonds. The Morgan fingerprint density at radius 3 is 2.85 bits per heavy atom. The Hall–Kier alpha value is -1.14. The maximum Gasteiger partial charge on any atom is 0.252 e. The Balaban J connectivity index is 1.89. The molecular weight excluding hydrogens is 258 g/mol. The molecule has 0 bridgehead atoms. The average Bonchev–Trinajstić information content (AvgIpc) is 2.90. The highest BCUT2D eigenvalue weighted by atomic mass is 16.5. The Labute approximate surface area is 120 Å². The van der Waals surface area contributed by atoms with Crippen LogP contribution in [0.2, 0.25) is 0 Å². The van der Waals surface area contributed by atoms with Gasteiger partial charge in [-0.1, -0.05) is 6.92 Å². The summed E-state index contributed by atoms with van der Waals surface area (Å²) in [7, 11) is 0. The van der Waals surface area contributed by atoms with Crippen LogP contribution in [0.25, 0.3) is 0 Å². The highest BCUT2D eigenvalue weighted by molar-refractivity contribution is 5.83. The van der Waals surface area contributed by atoms with Gasteiger partial charge in [-0.05, 0) is 25.2 Å². The lowest BCUT2D eigenvalue weighted by Crippen LogP contribution is -2.49. The molecule has 6 nitrogen and oxygen atoms in total. The van der Waals surface area contributed by atoms with E-state index in [1.54, 1.807) is 4.90 Å². The van der Waals surface area contributed by atoms with Crippen molar-refractivity contribution in [3.05, 3.63) is 0 Å². The van der Waals surface area contributed by atoms with Gasteiger partial charge >= 0.3 is 0 Å². The van der Waals surface area contributed by atoms with Gasteiger partial charge in [0.1, 0.15) is 6.10 Å². The molecule has 0 aliphatic carbocycles. The van der Waals surface area contributed by atoms with E-state index in [9.17, 15) is 9.59 Å². The third kappa shape index (κ3) is 3.49. The monoisotopic (exact) mass is 283 g/mol. The summed E-state index contributed by atoms with van der Waals surface area (Å²) in [6.45, 7) is 4.87. The van der Waals surface area contributed by atoms with Gasteiger partial charge < -0.3 is 20.7 Å². The number of ether oxygens (including phenoxy) is 1. The molecule has 2 rings (SSSR count). The molecule has 2 fully saturated rings. The minimum atomic E-state index is -0.319. The van der Waals surface area contributed by atoms with Crippen molar-refractivity contribution in [1.82, 2.24) is 10.2 Å². The number of carbonyl (C=O) groups excluding carboxylic acids is 2. The van der Waals surface area contributed by atoms with Gasteiger partial charge in [-0.3, -0.25) is 9.59 Å². The van der Waals surface area contributed by atoms with Crippen molar-refractivity contribution in [3.63, 3.8) is 0 Å². The Morgan fingerprint density at radius 1 is 1.40 bits per heavy atom. The van der Waals surface area contributed by atoms with E-state index >= 15 is 0 Å². The Kier molecular flexibility index (Phi) is 5.37. The van der Waals surface area contributed by atoms with Gasteiger partial charge in [0.15, 0.2) is 0 Å². The van der Waals surface area contributed by atoms with Crippen molar-refractivity contribution in [1.29, 1.82) is 0 Å². The maximum absolute atomic E-state index is 12.4. The van der Waals surface area contributed by atoms with Gasteiger partial charge in [0.05, 0.1) is 5.92 Å². The van der Waals surface area contributed by atoms with E-state index in [0.29, 0.717) is 26.2 Å². The second-order valence-electron chi connectivity index (χ2n) is 5.76. The summed E-state index contributed by atoms with van der Waals surface area (Å²) < 4.78 is 5.53. The molecule has 0 radical (unpaired) electrons. The number of hydrogen-bond donors (Lipinski definition) is 2. The van der Waals surface area contributed by atoms with E-state index in [2.05, 4.69) is 5.32 Å². The fraction of sp³-hybridized carbons (Fsp3) is 0.857. The first-order chi connectivity index (χ1) is 9.63. The SMILES string of the molecule is CC1CCOC1C(=O)N1CCCC(C(=O)NCCN)C1. The fourth-order valence-corrected chi connectivity index (χ4v) is 2.92. The molecule has 2 aliphatic heterocycles. The largest absolute Gasteiger partial charge is 0.368 e. The molecule has 3 atom stereocenters. The molecule has 2 aliphatic rings. The predicted molar refractivity (Wildman–Crippen MR) is 74.9 cm³/mol. The zero-order valence-corrected chi connectivity index (χ0v) is 12.1. The first-order valence-electron chi connectivity index (χ1n) is 7.51. The third-order valence-electron chi connectivity index (χ3n) is 4.18. The third-order valence-corrected chi connectivity index (χ3v) is 4.18. The number of nitrogens with zero attached hydrogens (tertiary/aromatic N) is 1. The van der Waals surface area contributed by atoms with Crippen molar-refractivity contribution >= 4 is 11.8 Å². The highest BCUT2D eigenvalue weighted by Crippen LogP contribution is 2.24. The summed E-state index contributed by atoms with van der Waals surface area (Å²) in [5.74, 6) is 0.213. The quantitative estimate of drug-likeness (QED) is 0.743. The van der Waals surface area contributed by atoms with E-state index in [0.717, 1.165) is 25.8 Å². The first kappa shape index (κ1) is 15.3. The minimum absolute atomic E-state index is 0.00772. The number of piperidine rings is 1. The van der Waals surface area contributed by atoms with Crippen LogP contribution in [0.3, 0.4) is 0 Å². The predicted octanol–water partition coefficient (Wildman–Crippen LogP) is -0.275. The topological polar surface area (TPSA) is 84.7 Å². The van der Waals surface area contributed by atoms with Gasteiger partial charge in [-0.25, -0.2) is 0 Å². The molecule has 0 saturated carbocycles. The van der Waals surface area contributed by atoms with Crippen LogP contribution in [0.1, 0.15) is 26.2 Å². The highest BCUT2D eigenvalue weighted by Gasteiger charge is 2.36. The second kappa shape index (κ2) is 7.04. The number of carbonyl (C=O) groups is 2. The lowest BCUT2D eigenvalue weighted by atomic mass is 9.95. The molecule has 114 valence electrons. The number of nitrogens with one attached hydrogen (secondary N) is 1. The van der Waals surface area contributed by atoms with Crippen LogP contribution in [-0.2, 0) is 14.3 Å². The van der Waals surface area contributed by atoms with Gasteiger partial charge in [0, 0.05) is 32.8 Å². The number of likely N-dealkylation sites (tertiary alicyclic amines) is 1. The molecular formula is C14H25N3O3. The molecule has 0 aromatic carbocycles. The van der Waals surface area contributed by atoms with Crippen LogP contribution in [0.15, 0.2) is 0 Å². The Bertz CT molecular complexity index is 362. The first-order valence-corrected chi connectivity index (χ1v) is 7.51. The van der Waals surface area contributed by atoms with E-state index in [4.69, 9.17) is 10.5 Å². The van der Waals surface area contributed by atoms with Crippen LogP contribution >= 0.6 is 0 Å². The molecule has 0 spiro atoms. The molecule has 0 aromatic rings. The Morgan fingerprint density at radius 2 is 2.20 bits per heavy atom. The zero-order valence-electron chi connectivity index (χ0n) is 12.1. The van der Waals surface area contributed by atoms with Crippen molar-refractivity contribution in [2.75, 3.05) is 32.8 Å². The molecule has 2 heterocycles. The van der Waals surface area contributed by atoms with Crippen molar-refractivity contribution in [2.45, 2.75) is 32.3 Å². The van der Waals surface area contributed by atoms with E-state index in [-0.39, 0.29) is 29.8 Å². The minimum Gasteiger partial charge on any atom is -0.368 e. The van der Waals surface area contributed by atoms with Crippen LogP contribution in [-0.4, -0.2) is 55.6 Å². The summed E-state index contributed by atoms with van der Waals surface area (Å²) >= 11 is 0. The van der Waals surface area contributed by atoms with E-state index in [1.165, 1.54) is 0 Å². The lowest BCUT2D eigenvalue weighted by Gasteiger charge is -2.34. The molecule has 3 N–H and O–H groups in total. The second-order valence-corrected chi connectivity index (χ2v) is 5.76. The maximum atomic E-state index is 12.4. The molecule has 0 aromatic heterocycles. The number of nitrogens with two attached hydrogens (primary N) is 1. The average molecular weight is 283 g/mol. The number of hydrogen-bond acceptors (Lipinski definition) is 4. The summed E-state index contributed by atoms with van der Waals surface area (Å²) in [6.07, 6.45) is 2.32.